The number of amides is 1. The molecule has 1 fully saturated rings. The van der Waals surface area contributed by atoms with Gasteiger partial charge in [-0.15, -0.1) is 13.2 Å². The van der Waals surface area contributed by atoms with Crippen LogP contribution in [0.25, 0.3) is 10.9 Å². The molecule has 0 saturated carbocycles. The van der Waals surface area contributed by atoms with E-state index >= 15 is 0 Å². The van der Waals surface area contributed by atoms with Gasteiger partial charge in [0.05, 0.1) is 18.2 Å². The fourth-order valence-corrected chi connectivity index (χ4v) is 2.99. The number of fused-ring (bicyclic) bond motifs is 1. The molecule has 160 valence electrons. The van der Waals surface area contributed by atoms with Crippen molar-refractivity contribution in [2.24, 2.45) is 0 Å². The highest BCUT2D eigenvalue weighted by atomic mass is 19.4. The van der Waals surface area contributed by atoms with Crippen molar-refractivity contribution < 1.29 is 27.4 Å². The average Bonchev–Trinajstić information content (AvgIpc) is 2.72. The zero-order valence-electron chi connectivity index (χ0n) is 16.6. The summed E-state index contributed by atoms with van der Waals surface area (Å²) in [6, 6.07) is 3.78. The van der Waals surface area contributed by atoms with E-state index in [1.807, 2.05) is 13.8 Å². The Kier molecular flexibility index (Phi) is 8.00. The van der Waals surface area contributed by atoms with Gasteiger partial charge in [0, 0.05) is 31.7 Å². The normalized spacial score (nSPS) is 14.9. The summed E-state index contributed by atoms with van der Waals surface area (Å²) >= 11 is 0. The molecule has 1 aliphatic rings. The van der Waals surface area contributed by atoms with Crippen LogP contribution >= 0.6 is 0 Å². The average molecular weight is 414 g/mol. The third-order valence-electron chi connectivity index (χ3n) is 4.38. The Hall–Kier alpha value is -2.62. The number of likely N-dealkylation sites (tertiary alicyclic amines) is 1. The molecule has 2 heterocycles. The minimum Gasteiger partial charge on any atom is -0.406 e. The summed E-state index contributed by atoms with van der Waals surface area (Å²) < 4.78 is 46.2. The number of alkyl halides is 3. The molecule has 0 spiro atoms. The van der Waals surface area contributed by atoms with Gasteiger partial charge in [-0.25, -0.2) is 9.97 Å². The molecule has 0 radical (unpaired) electrons. The molecule has 7 nitrogen and oxygen atoms in total. The minimum absolute atomic E-state index is 0.0323. The van der Waals surface area contributed by atoms with E-state index in [4.69, 9.17) is 4.74 Å². The Morgan fingerprint density at radius 2 is 1.93 bits per heavy atom. The monoisotopic (exact) mass is 414 g/mol. The number of piperidine rings is 1. The first-order valence-corrected chi connectivity index (χ1v) is 9.40. The number of methoxy groups -OCH3 is 1. The van der Waals surface area contributed by atoms with Crippen molar-refractivity contribution in [2.75, 3.05) is 32.1 Å². The van der Waals surface area contributed by atoms with E-state index in [1.165, 1.54) is 24.5 Å². The summed E-state index contributed by atoms with van der Waals surface area (Å²) in [5, 5.41) is 3.44. The van der Waals surface area contributed by atoms with Crippen LogP contribution in [0.15, 0.2) is 24.5 Å². The van der Waals surface area contributed by atoms with Crippen LogP contribution in [0.5, 0.6) is 5.75 Å². The van der Waals surface area contributed by atoms with Gasteiger partial charge in [0.2, 0.25) is 5.91 Å². The minimum atomic E-state index is -4.77. The number of ether oxygens (including phenoxy) is 2. The van der Waals surface area contributed by atoms with E-state index in [0.717, 1.165) is 12.8 Å². The molecule has 1 aliphatic heterocycles. The summed E-state index contributed by atoms with van der Waals surface area (Å²) in [5.74, 6) is -0.0660. The van der Waals surface area contributed by atoms with Gasteiger partial charge in [-0.2, -0.15) is 0 Å². The van der Waals surface area contributed by atoms with Crippen molar-refractivity contribution in [3.8, 4) is 5.75 Å². The highest BCUT2D eigenvalue weighted by Crippen LogP contribution is 2.27. The molecule has 0 unspecified atom stereocenters. The number of nitrogens with zero attached hydrogens (tertiary/aromatic N) is 3. The van der Waals surface area contributed by atoms with Crippen LogP contribution in [-0.4, -0.2) is 60.0 Å². The number of carbonyl (C=O) groups is 1. The van der Waals surface area contributed by atoms with Gasteiger partial charge < -0.3 is 19.7 Å². The van der Waals surface area contributed by atoms with E-state index in [1.54, 1.807) is 12.0 Å². The third-order valence-corrected chi connectivity index (χ3v) is 4.38. The van der Waals surface area contributed by atoms with E-state index < -0.39 is 6.36 Å². The molecular formula is C19H25F3N4O3. The van der Waals surface area contributed by atoms with E-state index in [-0.39, 0.29) is 29.8 Å². The number of rotatable bonds is 5. The van der Waals surface area contributed by atoms with Crippen LogP contribution < -0.4 is 10.1 Å². The number of aromatic nitrogens is 2. The number of benzene rings is 1. The molecule has 29 heavy (non-hydrogen) atoms. The third kappa shape index (κ3) is 6.45. The second kappa shape index (κ2) is 10.2. The molecule has 2 aromatic rings. The number of hydrogen-bond acceptors (Lipinski definition) is 6. The second-order valence-corrected chi connectivity index (χ2v) is 6.12. The van der Waals surface area contributed by atoms with Gasteiger partial charge in [-0.05, 0) is 25.0 Å². The molecule has 10 heteroatoms. The molecule has 1 aromatic carbocycles. The Morgan fingerprint density at radius 1 is 1.24 bits per heavy atom. The lowest BCUT2D eigenvalue weighted by molar-refractivity contribution is -0.274. The second-order valence-electron chi connectivity index (χ2n) is 6.12. The van der Waals surface area contributed by atoms with Crippen molar-refractivity contribution in [3.63, 3.8) is 0 Å². The highest BCUT2D eigenvalue weighted by Gasteiger charge is 2.31. The van der Waals surface area contributed by atoms with Crippen LogP contribution in [-0.2, 0) is 9.53 Å². The summed E-state index contributed by atoms with van der Waals surface area (Å²) in [6.45, 7) is 5.29. The van der Waals surface area contributed by atoms with Crippen LogP contribution in [0.2, 0.25) is 0 Å². The molecule has 1 N–H and O–H groups in total. The lowest BCUT2D eigenvalue weighted by Gasteiger charge is -2.31. The molecule has 0 atom stereocenters. The standard InChI is InChI=1S/C17H19F3N4O3.C2H6/c1-26-11-4-6-24(7-5-11)15(25)9-21-16-13-3-2-12(27-17(18,19)20)8-14(13)22-10-23-16;1-2/h2-3,8,10-11H,4-7,9H2,1H3,(H,21,22,23);1-2H3. The molecule has 0 aliphatic carbocycles. The molecule has 1 aromatic heterocycles. The van der Waals surface area contributed by atoms with Gasteiger partial charge in [0.15, 0.2) is 0 Å². The molecule has 3 rings (SSSR count). The number of hydrogen-bond donors (Lipinski definition) is 1. The molecule has 1 amide bonds. The lowest BCUT2D eigenvalue weighted by atomic mass is 10.1. The highest BCUT2D eigenvalue weighted by molar-refractivity contribution is 5.91. The molecular weight excluding hydrogens is 389 g/mol. The quantitative estimate of drug-likeness (QED) is 0.806. The van der Waals surface area contributed by atoms with E-state index in [2.05, 4.69) is 20.0 Å². The van der Waals surface area contributed by atoms with Crippen LogP contribution in [0.3, 0.4) is 0 Å². The smallest absolute Gasteiger partial charge is 0.406 e. The summed E-state index contributed by atoms with van der Waals surface area (Å²) in [5.41, 5.74) is 0.280. The maximum Gasteiger partial charge on any atom is 0.573 e. The van der Waals surface area contributed by atoms with Crippen LogP contribution in [0.1, 0.15) is 26.7 Å². The fraction of sp³-hybridized carbons (Fsp3) is 0.526. The zero-order chi connectivity index (χ0) is 21.4. The number of carbonyl (C=O) groups excluding carboxylic acids is 1. The maximum absolute atomic E-state index is 12.3. The first kappa shape index (κ1) is 22.7. The van der Waals surface area contributed by atoms with Gasteiger partial charge in [0.1, 0.15) is 17.9 Å². The van der Waals surface area contributed by atoms with Crippen LogP contribution in [0.4, 0.5) is 19.0 Å². The Balaban J connectivity index is 0.00000145. The SMILES string of the molecule is CC.COC1CCN(C(=O)CNc2ncnc3cc(OC(F)(F)F)ccc23)CC1. The first-order chi connectivity index (χ1) is 13.9. The summed E-state index contributed by atoms with van der Waals surface area (Å²) in [7, 11) is 1.66. The van der Waals surface area contributed by atoms with E-state index in [9.17, 15) is 18.0 Å². The van der Waals surface area contributed by atoms with Crippen molar-refractivity contribution in [2.45, 2.75) is 39.2 Å². The van der Waals surface area contributed by atoms with E-state index in [0.29, 0.717) is 24.3 Å². The topological polar surface area (TPSA) is 76.6 Å². The Morgan fingerprint density at radius 3 is 2.55 bits per heavy atom. The fourth-order valence-electron chi connectivity index (χ4n) is 2.99. The predicted octanol–water partition coefficient (Wildman–Crippen LogP) is 3.60. The predicted molar refractivity (Wildman–Crippen MR) is 103 cm³/mol. The number of nitrogens with one attached hydrogen (secondary N) is 1. The zero-order valence-corrected chi connectivity index (χ0v) is 16.6. The first-order valence-electron chi connectivity index (χ1n) is 9.40. The molecule has 1 saturated heterocycles. The number of anilines is 1. The van der Waals surface area contributed by atoms with Gasteiger partial charge in [-0.3, -0.25) is 4.79 Å². The van der Waals surface area contributed by atoms with Crippen molar-refractivity contribution in [1.29, 1.82) is 0 Å². The van der Waals surface area contributed by atoms with Crippen molar-refractivity contribution in [3.05, 3.63) is 24.5 Å². The van der Waals surface area contributed by atoms with Crippen LogP contribution in [0, 0.1) is 0 Å². The largest absolute Gasteiger partial charge is 0.573 e. The summed E-state index contributed by atoms with van der Waals surface area (Å²) in [6.07, 6.45) is -1.79. The number of halogens is 3. The molecule has 0 bridgehead atoms. The van der Waals surface area contributed by atoms with Gasteiger partial charge in [0.25, 0.3) is 0 Å². The maximum atomic E-state index is 12.3. The van der Waals surface area contributed by atoms with Crippen molar-refractivity contribution in [1.82, 2.24) is 14.9 Å². The van der Waals surface area contributed by atoms with Gasteiger partial charge >= 0.3 is 6.36 Å². The van der Waals surface area contributed by atoms with Crippen molar-refractivity contribution >= 4 is 22.6 Å². The Bertz CT molecular complexity index is 809. The lowest BCUT2D eigenvalue weighted by Crippen LogP contribution is -2.43. The summed E-state index contributed by atoms with van der Waals surface area (Å²) in [4.78, 5) is 22.1. The van der Waals surface area contributed by atoms with Gasteiger partial charge in [-0.1, -0.05) is 13.8 Å². The Labute approximate surface area is 167 Å².